The fourth-order valence-electron chi connectivity index (χ4n) is 3.67. The van der Waals surface area contributed by atoms with Crippen LogP contribution in [0.15, 0.2) is 78.5 Å². The number of nitrogens with one attached hydrogen (secondary N) is 1. The average molecular weight is 431 g/mol. The zero-order valence-electron chi connectivity index (χ0n) is 17.5. The van der Waals surface area contributed by atoms with Gasteiger partial charge in [0.15, 0.2) is 0 Å². The van der Waals surface area contributed by atoms with Crippen molar-refractivity contribution in [2.24, 2.45) is 0 Å². The maximum atomic E-state index is 13.3. The van der Waals surface area contributed by atoms with Crippen molar-refractivity contribution < 1.29 is 9.59 Å². The van der Waals surface area contributed by atoms with Crippen LogP contribution in [-0.4, -0.2) is 23.3 Å². The monoisotopic (exact) mass is 430 g/mol. The topological polar surface area (TPSA) is 49.4 Å². The lowest BCUT2D eigenvalue weighted by Crippen LogP contribution is -2.34. The van der Waals surface area contributed by atoms with Gasteiger partial charge in [0.2, 0.25) is 0 Å². The van der Waals surface area contributed by atoms with E-state index in [9.17, 15) is 9.59 Å². The van der Waals surface area contributed by atoms with Crippen LogP contribution in [0, 0.1) is 13.8 Å². The fourth-order valence-corrected chi connectivity index (χ4v) is 3.80. The summed E-state index contributed by atoms with van der Waals surface area (Å²) in [4.78, 5) is 28.0. The van der Waals surface area contributed by atoms with Gasteiger partial charge in [-0.2, -0.15) is 0 Å². The van der Waals surface area contributed by atoms with E-state index >= 15 is 0 Å². The Bertz CT molecular complexity index is 1170. The second kappa shape index (κ2) is 8.78. The van der Waals surface area contributed by atoms with Crippen LogP contribution in [-0.2, 0) is 16.0 Å². The normalized spacial score (nSPS) is 13.8. The predicted molar refractivity (Wildman–Crippen MR) is 125 cm³/mol. The van der Waals surface area contributed by atoms with E-state index in [0.717, 1.165) is 22.4 Å². The van der Waals surface area contributed by atoms with Gasteiger partial charge < -0.3 is 5.32 Å². The molecule has 0 aliphatic carbocycles. The largest absolute Gasteiger partial charge is 0.350 e. The van der Waals surface area contributed by atoms with E-state index in [2.05, 4.69) is 5.32 Å². The molecule has 1 N–H and O–H groups in total. The number of nitrogens with zero attached hydrogens (tertiary/aromatic N) is 1. The zero-order chi connectivity index (χ0) is 22.0. The standard InChI is InChI=1S/C26H23ClN2O2/c1-17-8-9-18(2)22(16-17)28-24-23(20-10-12-21(27)13-11-20)25(30)29(26(24)31)15-14-19-6-4-3-5-7-19/h3-13,16,28H,14-15H2,1-2H3. The van der Waals surface area contributed by atoms with E-state index in [0.29, 0.717) is 34.8 Å². The third kappa shape index (κ3) is 4.39. The van der Waals surface area contributed by atoms with E-state index in [1.807, 2.05) is 62.4 Å². The highest BCUT2D eigenvalue weighted by Gasteiger charge is 2.39. The number of rotatable bonds is 6. The van der Waals surface area contributed by atoms with Gasteiger partial charge in [0.1, 0.15) is 5.70 Å². The summed E-state index contributed by atoms with van der Waals surface area (Å²) in [5, 5.41) is 3.83. The van der Waals surface area contributed by atoms with E-state index in [1.165, 1.54) is 4.90 Å². The molecule has 4 rings (SSSR count). The van der Waals surface area contributed by atoms with Gasteiger partial charge in [0, 0.05) is 17.3 Å². The number of hydrogen-bond donors (Lipinski definition) is 1. The molecule has 0 saturated heterocycles. The van der Waals surface area contributed by atoms with Crippen LogP contribution in [0.2, 0.25) is 5.02 Å². The lowest BCUT2D eigenvalue weighted by Gasteiger charge is -2.16. The molecule has 0 spiro atoms. The van der Waals surface area contributed by atoms with Crippen LogP contribution >= 0.6 is 11.6 Å². The van der Waals surface area contributed by atoms with Gasteiger partial charge in [0.05, 0.1) is 5.57 Å². The second-order valence-corrected chi connectivity index (χ2v) is 8.13. The van der Waals surface area contributed by atoms with Gasteiger partial charge in [-0.15, -0.1) is 0 Å². The number of aryl methyl sites for hydroxylation is 2. The summed E-state index contributed by atoms with van der Waals surface area (Å²) < 4.78 is 0. The Morgan fingerprint density at radius 3 is 2.29 bits per heavy atom. The molecule has 2 amide bonds. The molecular formula is C26H23ClN2O2. The van der Waals surface area contributed by atoms with Gasteiger partial charge in [0.25, 0.3) is 11.8 Å². The maximum Gasteiger partial charge on any atom is 0.278 e. The number of hydrogen-bond acceptors (Lipinski definition) is 3. The molecule has 0 radical (unpaired) electrons. The van der Waals surface area contributed by atoms with E-state index in [4.69, 9.17) is 11.6 Å². The molecule has 156 valence electrons. The van der Waals surface area contributed by atoms with Crippen molar-refractivity contribution in [3.63, 3.8) is 0 Å². The van der Waals surface area contributed by atoms with Crippen LogP contribution in [0.1, 0.15) is 22.3 Å². The number of imide groups is 1. The minimum atomic E-state index is -0.313. The number of carbonyl (C=O) groups is 2. The second-order valence-electron chi connectivity index (χ2n) is 7.70. The van der Waals surface area contributed by atoms with Crippen molar-refractivity contribution in [2.45, 2.75) is 20.3 Å². The minimum absolute atomic E-state index is 0.295. The molecule has 0 unspecified atom stereocenters. The third-order valence-corrected chi connectivity index (χ3v) is 5.67. The molecule has 31 heavy (non-hydrogen) atoms. The first-order valence-corrected chi connectivity index (χ1v) is 10.6. The highest BCUT2D eigenvalue weighted by Crippen LogP contribution is 2.32. The Labute approximate surface area is 187 Å². The number of anilines is 1. The molecule has 0 fully saturated rings. The summed E-state index contributed by atoms with van der Waals surface area (Å²) in [7, 11) is 0. The molecular weight excluding hydrogens is 408 g/mol. The van der Waals surface area contributed by atoms with Crippen molar-refractivity contribution in [3.8, 4) is 0 Å². The quantitative estimate of drug-likeness (QED) is 0.533. The summed E-state index contributed by atoms with van der Waals surface area (Å²) in [6, 6.07) is 22.8. The molecule has 5 heteroatoms. The molecule has 0 saturated carbocycles. The lowest BCUT2D eigenvalue weighted by molar-refractivity contribution is -0.136. The van der Waals surface area contributed by atoms with E-state index in [-0.39, 0.29) is 11.8 Å². The highest BCUT2D eigenvalue weighted by atomic mass is 35.5. The number of halogens is 1. The van der Waals surface area contributed by atoms with Gasteiger partial charge >= 0.3 is 0 Å². The molecule has 3 aromatic rings. The number of amides is 2. The first-order chi connectivity index (χ1) is 14.9. The molecule has 0 atom stereocenters. The van der Waals surface area contributed by atoms with Crippen molar-refractivity contribution in [2.75, 3.05) is 11.9 Å². The van der Waals surface area contributed by atoms with Gasteiger partial charge in [-0.05, 0) is 60.7 Å². The third-order valence-electron chi connectivity index (χ3n) is 5.42. The molecule has 3 aromatic carbocycles. The Hall–Kier alpha value is -3.37. The Balaban J connectivity index is 1.70. The summed E-state index contributed by atoms with van der Waals surface area (Å²) in [6.07, 6.45) is 0.600. The Kier molecular flexibility index (Phi) is 5.92. The first kappa shape index (κ1) is 20.9. The molecule has 1 aliphatic heterocycles. The molecule has 0 bridgehead atoms. The van der Waals surface area contributed by atoms with Gasteiger partial charge in [-0.1, -0.05) is 66.2 Å². The van der Waals surface area contributed by atoms with Crippen molar-refractivity contribution >= 4 is 34.7 Å². The van der Waals surface area contributed by atoms with Crippen molar-refractivity contribution in [1.29, 1.82) is 0 Å². The number of carbonyl (C=O) groups excluding carboxylic acids is 2. The summed E-state index contributed by atoms with van der Waals surface area (Å²) >= 11 is 6.04. The van der Waals surface area contributed by atoms with Crippen LogP contribution in [0.5, 0.6) is 0 Å². The summed E-state index contributed by atoms with van der Waals surface area (Å²) in [5.41, 5.74) is 5.29. The van der Waals surface area contributed by atoms with Gasteiger partial charge in [-0.3, -0.25) is 14.5 Å². The SMILES string of the molecule is Cc1ccc(C)c(NC2=C(c3ccc(Cl)cc3)C(=O)N(CCc3ccccc3)C2=O)c1. The van der Waals surface area contributed by atoms with Crippen LogP contribution < -0.4 is 5.32 Å². The summed E-state index contributed by atoms with van der Waals surface area (Å²) in [5.74, 6) is -0.608. The Morgan fingerprint density at radius 2 is 1.58 bits per heavy atom. The van der Waals surface area contributed by atoms with Gasteiger partial charge in [-0.25, -0.2) is 0 Å². The first-order valence-electron chi connectivity index (χ1n) is 10.2. The smallest absolute Gasteiger partial charge is 0.278 e. The van der Waals surface area contributed by atoms with E-state index < -0.39 is 0 Å². The molecule has 0 aromatic heterocycles. The minimum Gasteiger partial charge on any atom is -0.350 e. The molecule has 1 aliphatic rings. The van der Waals surface area contributed by atoms with Crippen molar-refractivity contribution in [3.05, 3.63) is 106 Å². The average Bonchev–Trinajstić information content (AvgIpc) is 3.00. The maximum absolute atomic E-state index is 13.3. The zero-order valence-corrected chi connectivity index (χ0v) is 18.2. The van der Waals surface area contributed by atoms with E-state index in [1.54, 1.807) is 24.3 Å². The van der Waals surface area contributed by atoms with Crippen LogP contribution in [0.4, 0.5) is 5.69 Å². The Morgan fingerprint density at radius 1 is 0.871 bits per heavy atom. The van der Waals surface area contributed by atoms with Crippen molar-refractivity contribution in [1.82, 2.24) is 4.90 Å². The summed E-state index contributed by atoms with van der Waals surface area (Å²) in [6.45, 7) is 4.28. The highest BCUT2D eigenvalue weighted by molar-refractivity contribution is 6.37. The predicted octanol–water partition coefficient (Wildman–Crippen LogP) is 5.39. The number of benzene rings is 3. The van der Waals surface area contributed by atoms with Crippen LogP contribution in [0.3, 0.4) is 0 Å². The lowest BCUT2D eigenvalue weighted by atomic mass is 10.0. The molecule has 4 nitrogen and oxygen atoms in total. The molecule has 1 heterocycles. The fraction of sp³-hybridized carbons (Fsp3) is 0.154. The van der Waals surface area contributed by atoms with Crippen LogP contribution in [0.25, 0.3) is 5.57 Å².